The number of benzene rings is 1. The summed E-state index contributed by atoms with van der Waals surface area (Å²) in [6.45, 7) is 2.13. The van der Waals surface area contributed by atoms with Gasteiger partial charge in [0.2, 0.25) is 5.78 Å². The lowest BCUT2D eigenvalue weighted by Crippen LogP contribution is -2.43. The van der Waals surface area contributed by atoms with Crippen molar-refractivity contribution in [3.05, 3.63) is 64.1 Å². The molecule has 1 aromatic carbocycles. The van der Waals surface area contributed by atoms with E-state index in [9.17, 15) is 4.79 Å². The standard InChI is InChI=1S/C20H21N7O4/c1-11-22-16(14-5-4-8-31-14)17-18(26(11)21)23-19-25(20(28)24-27(17)19)10-12-6-7-13(29-2)15(9-12)30-3/h4-9,11H,10,21H2,1-3H3,(H,24,28). The molecule has 3 aromatic heterocycles. The zero-order chi connectivity index (χ0) is 21.7. The van der Waals surface area contributed by atoms with Crippen molar-refractivity contribution < 1.29 is 13.9 Å². The quantitative estimate of drug-likeness (QED) is 0.464. The second-order valence-corrected chi connectivity index (χ2v) is 7.11. The van der Waals surface area contributed by atoms with Crippen LogP contribution in [0.3, 0.4) is 0 Å². The normalized spacial score (nSPS) is 15.8. The molecule has 1 atom stereocenters. The van der Waals surface area contributed by atoms with E-state index in [1.165, 1.54) is 9.58 Å². The average Bonchev–Trinajstić information content (AvgIpc) is 3.49. The van der Waals surface area contributed by atoms with Crippen LogP contribution in [0.1, 0.15) is 23.9 Å². The number of H-pyrrole nitrogens is 1. The van der Waals surface area contributed by atoms with Crippen LogP contribution in [0.15, 0.2) is 50.8 Å². The van der Waals surface area contributed by atoms with Gasteiger partial charge in [-0.3, -0.25) is 14.6 Å². The first-order chi connectivity index (χ1) is 15.0. The Morgan fingerprint density at radius 3 is 2.74 bits per heavy atom. The number of aromatic nitrogens is 4. The van der Waals surface area contributed by atoms with Gasteiger partial charge in [0.1, 0.15) is 17.6 Å². The molecule has 0 bridgehead atoms. The van der Waals surface area contributed by atoms with E-state index in [-0.39, 0.29) is 18.4 Å². The number of nitrogens with one attached hydrogen (secondary N) is 1. The lowest BCUT2D eigenvalue weighted by molar-refractivity contribution is 0.354. The van der Waals surface area contributed by atoms with Crippen LogP contribution in [0.5, 0.6) is 11.5 Å². The summed E-state index contributed by atoms with van der Waals surface area (Å²) in [6, 6.07) is 9.07. The van der Waals surface area contributed by atoms with Crippen LogP contribution >= 0.6 is 0 Å². The van der Waals surface area contributed by atoms with E-state index in [0.29, 0.717) is 40.3 Å². The Morgan fingerprint density at radius 2 is 2.03 bits per heavy atom. The Kier molecular flexibility index (Phi) is 4.33. The molecule has 1 aliphatic heterocycles. The van der Waals surface area contributed by atoms with Gasteiger partial charge in [-0.15, -0.1) is 0 Å². The number of aliphatic imine (C=N–C) groups is 1. The highest BCUT2D eigenvalue weighted by Gasteiger charge is 2.32. The molecule has 4 heterocycles. The molecule has 0 fully saturated rings. The SMILES string of the molecule is COc1ccc(Cn2c(=O)[nH]n3c4c(nc23)N(N)C(C)N=C4c2ccco2)cc1OC. The molecule has 11 heteroatoms. The number of rotatable bonds is 5. The number of nitrogens with two attached hydrogens (primary N) is 1. The van der Waals surface area contributed by atoms with Gasteiger partial charge in [-0.25, -0.2) is 20.3 Å². The summed E-state index contributed by atoms with van der Waals surface area (Å²) in [7, 11) is 3.14. The Bertz CT molecular complexity index is 1350. The van der Waals surface area contributed by atoms with E-state index in [4.69, 9.17) is 19.7 Å². The van der Waals surface area contributed by atoms with Crippen LogP contribution in [0, 0.1) is 0 Å². The largest absolute Gasteiger partial charge is 0.493 e. The predicted molar refractivity (Wildman–Crippen MR) is 113 cm³/mol. The fourth-order valence-electron chi connectivity index (χ4n) is 3.71. The monoisotopic (exact) mass is 423 g/mol. The third-order valence-electron chi connectivity index (χ3n) is 5.27. The molecule has 1 unspecified atom stereocenters. The topological polar surface area (TPSA) is 128 Å². The van der Waals surface area contributed by atoms with Gasteiger partial charge in [0.25, 0.3) is 0 Å². The maximum absolute atomic E-state index is 12.8. The van der Waals surface area contributed by atoms with Gasteiger partial charge in [-0.1, -0.05) is 6.07 Å². The Morgan fingerprint density at radius 1 is 1.23 bits per heavy atom. The summed E-state index contributed by atoms with van der Waals surface area (Å²) < 4.78 is 19.3. The van der Waals surface area contributed by atoms with E-state index >= 15 is 0 Å². The van der Waals surface area contributed by atoms with Crippen molar-refractivity contribution >= 4 is 17.3 Å². The molecule has 0 aliphatic carbocycles. The minimum atomic E-state index is -0.349. The predicted octanol–water partition coefficient (Wildman–Crippen LogP) is 1.36. The molecule has 3 N–H and O–H groups in total. The van der Waals surface area contributed by atoms with Gasteiger partial charge in [0, 0.05) is 0 Å². The first-order valence-electron chi connectivity index (χ1n) is 9.60. The van der Waals surface area contributed by atoms with Crippen LogP contribution in [-0.4, -0.2) is 45.3 Å². The molecule has 0 spiro atoms. The van der Waals surface area contributed by atoms with E-state index in [1.54, 1.807) is 43.2 Å². The summed E-state index contributed by atoms with van der Waals surface area (Å²) in [5.74, 6) is 8.90. The number of imidazole rings is 1. The number of ether oxygens (including phenoxy) is 2. The minimum Gasteiger partial charge on any atom is -0.493 e. The molecule has 0 saturated carbocycles. The Hall–Kier alpha value is -3.99. The lowest BCUT2D eigenvalue weighted by atomic mass is 10.1. The number of hydrazine groups is 1. The van der Waals surface area contributed by atoms with Gasteiger partial charge in [-0.2, -0.15) is 4.98 Å². The van der Waals surface area contributed by atoms with Crippen LogP contribution in [-0.2, 0) is 6.54 Å². The molecule has 31 heavy (non-hydrogen) atoms. The number of aromatic amines is 1. The highest BCUT2D eigenvalue weighted by molar-refractivity contribution is 6.14. The molecule has 0 saturated heterocycles. The summed E-state index contributed by atoms with van der Waals surface area (Å²) in [6.07, 6.45) is 1.22. The van der Waals surface area contributed by atoms with Gasteiger partial charge in [-0.05, 0) is 36.8 Å². The van der Waals surface area contributed by atoms with Crippen molar-refractivity contribution in [3.8, 4) is 11.5 Å². The molecule has 11 nitrogen and oxygen atoms in total. The molecule has 160 valence electrons. The molecule has 0 radical (unpaired) electrons. The average molecular weight is 423 g/mol. The van der Waals surface area contributed by atoms with Crippen molar-refractivity contribution in [1.29, 1.82) is 0 Å². The second kappa shape index (κ2) is 7.06. The van der Waals surface area contributed by atoms with Crippen molar-refractivity contribution in [2.75, 3.05) is 19.2 Å². The zero-order valence-electron chi connectivity index (χ0n) is 17.2. The Labute approximate surface area is 176 Å². The summed E-state index contributed by atoms with van der Waals surface area (Å²) in [4.78, 5) is 22.1. The fourth-order valence-corrected chi connectivity index (χ4v) is 3.71. The highest BCUT2D eigenvalue weighted by atomic mass is 16.5. The first kappa shape index (κ1) is 19.0. The number of hydrogen-bond donors (Lipinski definition) is 2. The maximum Gasteiger partial charge on any atom is 0.343 e. The summed E-state index contributed by atoms with van der Waals surface area (Å²) in [5.41, 5.74) is 1.66. The second-order valence-electron chi connectivity index (χ2n) is 7.11. The van der Waals surface area contributed by atoms with E-state index < -0.39 is 0 Å². The van der Waals surface area contributed by atoms with E-state index in [1.807, 2.05) is 19.1 Å². The van der Waals surface area contributed by atoms with Gasteiger partial charge in [0.05, 0.1) is 27.0 Å². The van der Waals surface area contributed by atoms with Gasteiger partial charge < -0.3 is 13.9 Å². The summed E-state index contributed by atoms with van der Waals surface area (Å²) >= 11 is 0. The summed E-state index contributed by atoms with van der Waals surface area (Å²) in [5, 5.41) is 4.30. The zero-order valence-corrected chi connectivity index (χ0v) is 17.2. The number of anilines is 1. The highest BCUT2D eigenvalue weighted by Crippen LogP contribution is 2.30. The third kappa shape index (κ3) is 2.89. The Balaban J connectivity index is 1.64. The van der Waals surface area contributed by atoms with Crippen molar-refractivity contribution in [2.45, 2.75) is 19.6 Å². The molecular formula is C20H21N7O4. The first-order valence-corrected chi connectivity index (χ1v) is 9.60. The lowest BCUT2D eigenvalue weighted by Gasteiger charge is -2.26. The number of methoxy groups -OCH3 is 2. The smallest absolute Gasteiger partial charge is 0.343 e. The fraction of sp³-hybridized carbons (Fsp3) is 0.250. The molecule has 5 rings (SSSR count). The van der Waals surface area contributed by atoms with Crippen LogP contribution in [0.2, 0.25) is 0 Å². The van der Waals surface area contributed by atoms with Gasteiger partial charge in [0.15, 0.2) is 23.1 Å². The number of nitrogens with zero attached hydrogens (tertiary/aromatic N) is 5. The third-order valence-corrected chi connectivity index (χ3v) is 5.27. The van der Waals surface area contributed by atoms with E-state index in [2.05, 4.69) is 15.1 Å². The minimum absolute atomic E-state index is 0.273. The van der Waals surface area contributed by atoms with Crippen LogP contribution in [0.25, 0.3) is 5.78 Å². The van der Waals surface area contributed by atoms with Crippen molar-refractivity contribution in [1.82, 2.24) is 19.2 Å². The van der Waals surface area contributed by atoms with Crippen LogP contribution < -0.4 is 26.0 Å². The van der Waals surface area contributed by atoms with Crippen molar-refractivity contribution in [2.24, 2.45) is 10.8 Å². The number of furan rings is 1. The van der Waals surface area contributed by atoms with Crippen molar-refractivity contribution in [3.63, 3.8) is 0 Å². The molecular weight excluding hydrogens is 402 g/mol. The maximum atomic E-state index is 12.8. The van der Waals surface area contributed by atoms with Crippen LogP contribution in [0.4, 0.5) is 5.82 Å². The molecule has 4 aromatic rings. The molecule has 0 amide bonds. The number of fused-ring (bicyclic) bond motifs is 3. The van der Waals surface area contributed by atoms with E-state index in [0.717, 1.165) is 5.56 Å². The number of hydrogen-bond acceptors (Lipinski definition) is 8. The van der Waals surface area contributed by atoms with Gasteiger partial charge >= 0.3 is 5.69 Å². The molecule has 1 aliphatic rings.